The van der Waals surface area contributed by atoms with Crippen molar-refractivity contribution in [1.29, 1.82) is 0 Å². The van der Waals surface area contributed by atoms with Crippen LogP contribution in [0.5, 0.6) is 0 Å². The highest BCUT2D eigenvalue weighted by Gasteiger charge is 2.14. The summed E-state index contributed by atoms with van der Waals surface area (Å²) < 4.78 is 15.2. The lowest BCUT2D eigenvalue weighted by Gasteiger charge is -2.05. The third kappa shape index (κ3) is 3.34. The summed E-state index contributed by atoms with van der Waals surface area (Å²) in [7, 11) is 0.183. The fourth-order valence-corrected chi connectivity index (χ4v) is 2.46. The molecule has 100 valence electrons. The Morgan fingerprint density at radius 2 is 2.05 bits per heavy atom. The van der Waals surface area contributed by atoms with Crippen molar-refractivity contribution in [2.45, 2.75) is 17.8 Å². The first kappa shape index (κ1) is 14.0. The van der Waals surface area contributed by atoms with Crippen molar-refractivity contribution in [3.63, 3.8) is 0 Å². The van der Waals surface area contributed by atoms with Crippen molar-refractivity contribution in [3.05, 3.63) is 35.4 Å². The summed E-state index contributed by atoms with van der Waals surface area (Å²) in [6.07, 6.45) is 0. The molecule has 1 aromatic carbocycles. The van der Waals surface area contributed by atoms with Crippen LogP contribution in [-0.2, 0) is 12.8 Å². The van der Waals surface area contributed by atoms with E-state index in [2.05, 4.69) is 10.2 Å². The number of aromatic nitrogens is 3. The van der Waals surface area contributed by atoms with Gasteiger partial charge in [0.15, 0.2) is 5.16 Å². The summed E-state index contributed by atoms with van der Waals surface area (Å²) in [4.78, 5) is 0. The minimum atomic E-state index is -1.67. The van der Waals surface area contributed by atoms with Gasteiger partial charge in [-0.1, -0.05) is 17.8 Å². The number of aryl methyl sites for hydroxylation is 1. The van der Waals surface area contributed by atoms with Gasteiger partial charge in [-0.15, -0.1) is 10.2 Å². The van der Waals surface area contributed by atoms with E-state index in [1.165, 1.54) is 17.8 Å². The molecule has 0 aliphatic heterocycles. The lowest BCUT2D eigenvalue weighted by atomic mass is 9.79. The largest absolute Gasteiger partial charge is 0.488 e. The monoisotopic (exact) mass is 281 g/mol. The van der Waals surface area contributed by atoms with Crippen LogP contribution in [-0.4, -0.2) is 31.9 Å². The molecule has 2 aromatic rings. The number of hydrogen-bond acceptors (Lipinski definition) is 5. The van der Waals surface area contributed by atoms with E-state index >= 15 is 0 Å². The van der Waals surface area contributed by atoms with Crippen molar-refractivity contribution < 1.29 is 14.4 Å². The van der Waals surface area contributed by atoms with Gasteiger partial charge in [0.2, 0.25) is 0 Å². The molecule has 1 heterocycles. The Morgan fingerprint density at radius 3 is 2.63 bits per heavy atom. The zero-order valence-electron chi connectivity index (χ0n) is 10.5. The Hall–Kier alpha value is -1.38. The number of halogens is 1. The molecule has 0 unspecified atom stereocenters. The molecule has 0 spiro atoms. The summed E-state index contributed by atoms with van der Waals surface area (Å²) in [5.74, 6) is 0.784. The Balaban J connectivity index is 2.13. The van der Waals surface area contributed by atoms with Gasteiger partial charge in [-0.05, 0) is 30.1 Å². The second kappa shape index (κ2) is 5.73. The molecule has 2 rings (SSSR count). The van der Waals surface area contributed by atoms with Gasteiger partial charge in [-0.2, -0.15) is 0 Å². The Labute approximate surface area is 114 Å². The van der Waals surface area contributed by atoms with E-state index in [0.717, 1.165) is 17.0 Å². The van der Waals surface area contributed by atoms with Gasteiger partial charge in [-0.25, -0.2) is 4.39 Å². The van der Waals surface area contributed by atoms with E-state index in [0.29, 0.717) is 11.3 Å². The highest BCUT2D eigenvalue weighted by atomic mass is 32.2. The van der Waals surface area contributed by atoms with Gasteiger partial charge in [0, 0.05) is 12.8 Å². The predicted octanol–water partition coefficient (Wildman–Crippen LogP) is 0.235. The van der Waals surface area contributed by atoms with Crippen LogP contribution in [0.4, 0.5) is 4.39 Å². The Kier molecular flexibility index (Phi) is 4.23. The fourth-order valence-electron chi connectivity index (χ4n) is 1.57. The van der Waals surface area contributed by atoms with Crippen LogP contribution in [0.3, 0.4) is 0 Å². The highest BCUT2D eigenvalue weighted by Crippen LogP contribution is 2.20. The zero-order valence-corrected chi connectivity index (χ0v) is 11.4. The summed E-state index contributed by atoms with van der Waals surface area (Å²) in [6, 6.07) is 4.03. The predicted molar refractivity (Wildman–Crippen MR) is 71.5 cm³/mol. The number of hydrogen-bond donors (Lipinski definition) is 2. The average Bonchev–Trinajstić information content (AvgIpc) is 2.67. The maximum absolute atomic E-state index is 13.3. The summed E-state index contributed by atoms with van der Waals surface area (Å²) >= 11 is 1.41. The Morgan fingerprint density at radius 1 is 1.32 bits per heavy atom. The molecular formula is C11H13BFN3O2S. The van der Waals surface area contributed by atoms with Crippen LogP contribution in [0.2, 0.25) is 0 Å². The van der Waals surface area contributed by atoms with E-state index in [4.69, 9.17) is 10.0 Å². The molecule has 2 N–H and O–H groups in total. The summed E-state index contributed by atoms with van der Waals surface area (Å²) in [6.45, 7) is 1.85. The summed E-state index contributed by atoms with van der Waals surface area (Å²) in [5, 5.41) is 26.8. The molecule has 1 aromatic heterocycles. The molecule has 0 aliphatic rings. The summed E-state index contributed by atoms with van der Waals surface area (Å²) in [5.41, 5.74) is 0.804. The van der Waals surface area contributed by atoms with E-state index in [9.17, 15) is 4.39 Å². The van der Waals surface area contributed by atoms with Crippen molar-refractivity contribution >= 4 is 24.3 Å². The molecule has 8 heteroatoms. The minimum absolute atomic E-state index is 0.143. The van der Waals surface area contributed by atoms with Crippen molar-refractivity contribution in [2.75, 3.05) is 0 Å². The number of nitrogens with zero attached hydrogens (tertiary/aromatic N) is 3. The maximum atomic E-state index is 13.3. The smallest absolute Gasteiger partial charge is 0.423 e. The first-order valence-electron chi connectivity index (χ1n) is 5.61. The van der Waals surface area contributed by atoms with Crippen molar-refractivity contribution in [1.82, 2.24) is 14.8 Å². The van der Waals surface area contributed by atoms with E-state index in [1.54, 1.807) is 6.07 Å². The first-order chi connectivity index (χ1) is 8.97. The molecular weight excluding hydrogens is 268 g/mol. The van der Waals surface area contributed by atoms with Crippen LogP contribution in [0.25, 0.3) is 0 Å². The third-order valence-corrected chi connectivity index (χ3v) is 3.79. The number of rotatable bonds is 4. The van der Waals surface area contributed by atoms with Gasteiger partial charge < -0.3 is 14.6 Å². The molecule has 5 nitrogen and oxygen atoms in total. The second-order valence-corrected chi connectivity index (χ2v) is 5.09. The first-order valence-corrected chi connectivity index (χ1v) is 6.60. The van der Waals surface area contributed by atoms with Crippen molar-refractivity contribution in [3.8, 4) is 0 Å². The molecule has 0 saturated carbocycles. The van der Waals surface area contributed by atoms with Crippen LogP contribution < -0.4 is 5.46 Å². The van der Waals surface area contributed by atoms with Crippen LogP contribution in [0, 0.1) is 12.7 Å². The minimum Gasteiger partial charge on any atom is -0.423 e. The normalized spacial score (nSPS) is 10.8. The molecule has 19 heavy (non-hydrogen) atoms. The molecule has 0 aliphatic carbocycles. The molecule has 0 radical (unpaired) electrons. The molecule has 0 saturated heterocycles. The quantitative estimate of drug-likeness (QED) is 0.620. The van der Waals surface area contributed by atoms with Gasteiger partial charge >= 0.3 is 7.12 Å². The van der Waals surface area contributed by atoms with Gasteiger partial charge in [0.1, 0.15) is 11.6 Å². The van der Waals surface area contributed by atoms with Gasteiger partial charge in [-0.3, -0.25) is 0 Å². The zero-order chi connectivity index (χ0) is 14.0. The van der Waals surface area contributed by atoms with Crippen LogP contribution >= 0.6 is 11.8 Å². The lowest BCUT2D eigenvalue weighted by molar-refractivity contribution is 0.425. The SMILES string of the molecule is Cc1nnc(SCc2cc(F)cc(B(O)O)c2)n1C. The van der Waals surface area contributed by atoms with Gasteiger partial charge in [0.05, 0.1) is 0 Å². The van der Waals surface area contributed by atoms with Crippen LogP contribution in [0.15, 0.2) is 23.4 Å². The van der Waals surface area contributed by atoms with Crippen molar-refractivity contribution in [2.24, 2.45) is 7.05 Å². The average molecular weight is 281 g/mol. The standard InChI is InChI=1S/C11H13BFN3O2S/c1-7-14-15-11(16(7)2)19-6-8-3-9(12(17)18)5-10(13)4-8/h3-5,17-18H,6H2,1-2H3. The fraction of sp³-hybridized carbons (Fsp3) is 0.273. The van der Waals surface area contributed by atoms with E-state index < -0.39 is 12.9 Å². The maximum Gasteiger partial charge on any atom is 0.488 e. The van der Waals surface area contributed by atoms with Gasteiger partial charge in [0.25, 0.3) is 0 Å². The molecule has 0 amide bonds. The second-order valence-electron chi connectivity index (χ2n) is 4.14. The highest BCUT2D eigenvalue weighted by molar-refractivity contribution is 7.98. The molecule has 0 fully saturated rings. The van der Waals surface area contributed by atoms with Crippen LogP contribution in [0.1, 0.15) is 11.4 Å². The van der Waals surface area contributed by atoms with E-state index in [-0.39, 0.29) is 5.46 Å². The lowest BCUT2D eigenvalue weighted by Crippen LogP contribution is -2.30. The molecule has 0 atom stereocenters. The number of thioether (sulfide) groups is 1. The molecule has 0 bridgehead atoms. The topological polar surface area (TPSA) is 71.2 Å². The third-order valence-electron chi connectivity index (χ3n) is 2.70. The number of benzene rings is 1. The Bertz CT molecular complexity index is 591. The van der Waals surface area contributed by atoms with E-state index in [1.807, 2.05) is 18.5 Å².